The van der Waals surface area contributed by atoms with Gasteiger partial charge in [0.1, 0.15) is 5.82 Å². The maximum Gasteiger partial charge on any atom is 0.127 e. The van der Waals surface area contributed by atoms with Crippen LogP contribution in [0.15, 0.2) is 18.2 Å². The van der Waals surface area contributed by atoms with Gasteiger partial charge in [0.05, 0.1) is 0 Å². The highest BCUT2D eigenvalue weighted by Crippen LogP contribution is 2.27. The van der Waals surface area contributed by atoms with Crippen LogP contribution in [0.1, 0.15) is 24.3 Å². The Hall–Kier alpha value is -0.160. The van der Waals surface area contributed by atoms with Gasteiger partial charge in [-0.1, -0.05) is 6.07 Å². The summed E-state index contributed by atoms with van der Waals surface area (Å²) < 4.78 is 14.6. The van der Waals surface area contributed by atoms with Crippen molar-refractivity contribution in [1.29, 1.82) is 0 Å². The lowest BCUT2D eigenvalue weighted by atomic mass is 9.90. The summed E-state index contributed by atoms with van der Waals surface area (Å²) in [5.74, 6) is 0.372. The van der Waals surface area contributed by atoms with Gasteiger partial charge in [-0.15, -0.1) is 0 Å². The Kier molecular flexibility index (Phi) is 3.38. The van der Waals surface area contributed by atoms with Gasteiger partial charge in [-0.05, 0) is 72.1 Å². The number of hydrogen-bond donors (Lipinski definition) is 1. The molecular weight excluding hydrogens is 292 g/mol. The van der Waals surface area contributed by atoms with Crippen molar-refractivity contribution in [2.45, 2.75) is 18.8 Å². The van der Waals surface area contributed by atoms with Gasteiger partial charge in [0.15, 0.2) is 0 Å². The third-order valence-corrected chi connectivity index (χ3v) is 3.41. The van der Waals surface area contributed by atoms with Gasteiger partial charge in [-0.25, -0.2) is 4.39 Å². The number of benzene rings is 1. The molecule has 0 atom stereocenters. The Balaban J connectivity index is 2.22. The number of halogens is 2. The molecule has 14 heavy (non-hydrogen) atoms. The lowest BCUT2D eigenvalue weighted by Gasteiger charge is -2.23. The molecule has 76 valence electrons. The predicted octanol–water partition coefficient (Wildman–Crippen LogP) is 2.90. The number of hydrogen-bond acceptors (Lipinski definition) is 1. The fraction of sp³-hybridized carbons (Fsp3) is 0.455. The van der Waals surface area contributed by atoms with Crippen LogP contribution in [0.3, 0.4) is 0 Å². The smallest absolute Gasteiger partial charge is 0.127 e. The minimum atomic E-state index is -0.0381. The Morgan fingerprint density at radius 2 is 2.00 bits per heavy atom. The molecule has 1 aliphatic rings. The fourth-order valence-electron chi connectivity index (χ4n) is 1.97. The summed E-state index contributed by atoms with van der Waals surface area (Å²) in [5, 5.41) is 3.29. The van der Waals surface area contributed by atoms with Crippen LogP contribution in [0.5, 0.6) is 0 Å². The summed E-state index contributed by atoms with van der Waals surface area (Å²) in [5.41, 5.74) is 0.895. The average molecular weight is 305 g/mol. The average Bonchev–Trinajstić information content (AvgIpc) is 2.19. The first-order valence-electron chi connectivity index (χ1n) is 4.93. The van der Waals surface area contributed by atoms with Crippen LogP contribution >= 0.6 is 22.6 Å². The third kappa shape index (κ3) is 2.25. The van der Waals surface area contributed by atoms with E-state index in [-0.39, 0.29) is 5.82 Å². The zero-order chi connectivity index (χ0) is 9.97. The first kappa shape index (κ1) is 10.4. The lowest BCUT2D eigenvalue weighted by molar-refractivity contribution is 0.445. The Bertz CT molecular complexity index is 321. The highest BCUT2D eigenvalue weighted by molar-refractivity contribution is 14.1. The monoisotopic (exact) mass is 305 g/mol. The molecule has 0 unspecified atom stereocenters. The molecule has 1 fully saturated rings. The zero-order valence-electron chi connectivity index (χ0n) is 7.89. The topological polar surface area (TPSA) is 12.0 Å². The highest BCUT2D eigenvalue weighted by Gasteiger charge is 2.18. The predicted molar refractivity (Wildman–Crippen MR) is 64.0 cm³/mol. The fourth-order valence-corrected chi connectivity index (χ4v) is 2.42. The van der Waals surface area contributed by atoms with Gasteiger partial charge in [-0.2, -0.15) is 0 Å². The normalized spacial score (nSPS) is 18.4. The van der Waals surface area contributed by atoms with Crippen molar-refractivity contribution in [3.05, 3.63) is 33.1 Å². The summed E-state index contributed by atoms with van der Waals surface area (Å²) >= 11 is 2.14. The van der Waals surface area contributed by atoms with Gasteiger partial charge in [0, 0.05) is 3.57 Å². The molecule has 1 heterocycles. The van der Waals surface area contributed by atoms with Crippen LogP contribution in [0.4, 0.5) is 4.39 Å². The van der Waals surface area contributed by atoms with Gasteiger partial charge < -0.3 is 5.32 Å². The van der Waals surface area contributed by atoms with Gasteiger partial charge in [-0.3, -0.25) is 0 Å². The molecule has 1 N–H and O–H groups in total. The second-order valence-electron chi connectivity index (χ2n) is 3.69. The van der Waals surface area contributed by atoms with Crippen molar-refractivity contribution in [1.82, 2.24) is 5.32 Å². The molecular formula is C11H13FIN. The Morgan fingerprint density at radius 3 is 2.64 bits per heavy atom. The van der Waals surface area contributed by atoms with Crippen molar-refractivity contribution in [2.75, 3.05) is 13.1 Å². The van der Waals surface area contributed by atoms with E-state index in [1.54, 1.807) is 6.07 Å². The van der Waals surface area contributed by atoms with Gasteiger partial charge in [0.2, 0.25) is 0 Å². The summed E-state index contributed by atoms with van der Waals surface area (Å²) in [6, 6.07) is 5.55. The largest absolute Gasteiger partial charge is 0.317 e. The van der Waals surface area contributed by atoms with Crippen molar-refractivity contribution in [2.24, 2.45) is 0 Å². The van der Waals surface area contributed by atoms with E-state index < -0.39 is 0 Å². The van der Waals surface area contributed by atoms with Crippen LogP contribution in [-0.4, -0.2) is 13.1 Å². The standard InChI is InChI=1S/C11H13FIN/c12-11-7-9(13)1-2-10(11)8-3-5-14-6-4-8/h1-2,7-8,14H,3-6H2. The van der Waals surface area contributed by atoms with E-state index in [0.717, 1.165) is 35.1 Å². The zero-order valence-corrected chi connectivity index (χ0v) is 10.1. The van der Waals surface area contributed by atoms with Gasteiger partial charge in [0.25, 0.3) is 0 Å². The van der Waals surface area contributed by atoms with Crippen LogP contribution in [-0.2, 0) is 0 Å². The minimum absolute atomic E-state index is 0.0381. The molecule has 0 saturated carbocycles. The first-order chi connectivity index (χ1) is 6.77. The summed E-state index contributed by atoms with van der Waals surface area (Å²) in [6.45, 7) is 2.02. The van der Waals surface area contributed by atoms with Crippen molar-refractivity contribution < 1.29 is 4.39 Å². The Morgan fingerprint density at radius 1 is 1.29 bits per heavy atom. The highest BCUT2D eigenvalue weighted by atomic mass is 127. The molecule has 0 aliphatic carbocycles. The maximum absolute atomic E-state index is 13.6. The molecule has 2 rings (SSSR count). The molecule has 0 spiro atoms. The number of piperidine rings is 1. The van der Waals surface area contributed by atoms with Crippen LogP contribution in [0, 0.1) is 9.39 Å². The summed E-state index contributed by atoms with van der Waals surface area (Å²) in [7, 11) is 0. The number of nitrogens with one attached hydrogen (secondary N) is 1. The second kappa shape index (κ2) is 4.57. The van der Waals surface area contributed by atoms with E-state index in [9.17, 15) is 4.39 Å². The van der Waals surface area contributed by atoms with E-state index in [4.69, 9.17) is 0 Å². The van der Waals surface area contributed by atoms with E-state index in [1.165, 1.54) is 0 Å². The van der Waals surface area contributed by atoms with Crippen molar-refractivity contribution in [3.63, 3.8) is 0 Å². The third-order valence-electron chi connectivity index (χ3n) is 2.74. The SMILES string of the molecule is Fc1cc(I)ccc1C1CCNCC1. The maximum atomic E-state index is 13.6. The van der Waals surface area contributed by atoms with Crippen LogP contribution in [0.25, 0.3) is 0 Å². The molecule has 1 saturated heterocycles. The number of rotatable bonds is 1. The van der Waals surface area contributed by atoms with Crippen molar-refractivity contribution in [3.8, 4) is 0 Å². The first-order valence-corrected chi connectivity index (χ1v) is 6.01. The van der Waals surface area contributed by atoms with Gasteiger partial charge >= 0.3 is 0 Å². The molecule has 0 radical (unpaired) electrons. The minimum Gasteiger partial charge on any atom is -0.317 e. The molecule has 0 bridgehead atoms. The summed E-state index contributed by atoms with van der Waals surface area (Å²) in [6.07, 6.45) is 2.11. The molecule has 3 heteroatoms. The lowest BCUT2D eigenvalue weighted by Crippen LogP contribution is -2.27. The quantitative estimate of drug-likeness (QED) is 0.787. The molecule has 0 aromatic heterocycles. The van der Waals surface area contributed by atoms with E-state index in [2.05, 4.69) is 27.9 Å². The van der Waals surface area contributed by atoms with Crippen LogP contribution in [0.2, 0.25) is 0 Å². The Labute approximate surface area is 97.2 Å². The molecule has 1 aromatic carbocycles. The molecule has 0 amide bonds. The van der Waals surface area contributed by atoms with Crippen LogP contribution < -0.4 is 5.32 Å². The van der Waals surface area contributed by atoms with E-state index in [1.807, 2.05) is 12.1 Å². The summed E-state index contributed by atoms with van der Waals surface area (Å²) in [4.78, 5) is 0. The van der Waals surface area contributed by atoms with E-state index >= 15 is 0 Å². The molecule has 1 aliphatic heterocycles. The molecule has 1 aromatic rings. The van der Waals surface area contributed by atoms with E-state index in [0.29, 0.717) is 5.92 Å². The molecule has 1 nitrogen and oxygen atoms in total. The second-order valence-corrected chi connectivity index (χ2v) is 4.94. The van der Waals surface area contributed by atoms with Crippen molar-refractivity contribution >= 4 is 22.6 Å².